The number of rotatable bonds is 10. The van der Waals surface area contributed by atoms with Gasteiger partial charge in [-0.15, -0.1) is 0 Å². The minimum Gasteiger partial charge on any atom is -0.383 e. The van der Waals surface area contributed by atoms with Crippen LogP contribution in [0.15, 0.2) is 12.5 Å². The van der Waals surface area contributed by atoms with Gasteiger partial charge in [0.25, 0.3) is 0 Å². The van der Waals surface area contributed by atoms with Crippen molar-refractivity contribution in [3.8, 4) is 11.8 Å². The summed E-state index contributed by atoms with van der Waals surface area (Å²) in [6, 6.07) is 0. The van der Waals surface area contributed by atoms with Gasteiger partial charge in [0.15, 0.2) is 0 Å². The maximum atomic E-state index is 12.1. The number of nitrogen functional groups attached to an aromatic ring is 1. The number of ether oxygens (including phenoxy) is 2. The second kappa shape index (κ2) is 11.6. The van der Waals surface area contributed by atoms with E-state index in [-0.39, 0.29) is 24.7 Å². The molecular formula is C15H22N5O12P3S. The fourth-order valence-electron chi connectivity index (χ4n) is 3.33. The zero-order chi connectivity index (χ0) is 26.7. The van der Waals surface area contributed by atoms with Gasteiger partial charge in [0.2, 0.25) is 0 Å². The van der Waals surface area contributed by atoms with E-state index in [9.17, 15) is 23.5 Å². The van der Waals surface area contributed by atoms with E-state index in [1.54, 1.807) is 10.8 Å². The van der Waals surface area contributed by atoms with Crippen molar-refractivity contribution in [3.63, 3.8) is 0 Å². The van der Waals surface area contributed by atoms with Crippen LogP contribution < -0.4 is 11.5 Å². The largest absolute Gasteiger partial charge is 0.490 e. The SMILES string of the molecule is NCC#Cc1cn([C@H]2CC(OCS)[C@@H](COP(=O)(O)OP(=O)(O)OP(=O)(O)O)O2)c2ncnc(N)c12. The summed E-state index contributed by atoms with van der Waals surface area (Å²) in [6.45, 7) is -0.602. The summed E-state index contributed by atoms with van der Waals surface area (Å²) in [7, 11) is -16.5. The first-order valence-electron chi connectivity index (χ1n) is 9.71. The Morgan fingerprint density at radius 3 is 2.56 bits per heavy atom. The lowest BCUT2D eigenvalue weighted by atomic mass is 10.2. The van der Waals surface area contributed by atoms with Crippen LogP contribution in [0.2, 0.25) is 0 Å². The predicted molar refractivity (Wildman–Crippen MR) is 125 cm³/mol. The van der Waals surface area contributed by atoms with E-state index in [4.69, 9.17) is 35.3 Å². The Morgan fingerprint density at radius 1 is 1.19 bits per heavy atom. The van der Waals surface area contributed by atoms with Crippen molar-refractivity contribution in [1.29, 1.82) is 0 Å². The van der Waals surface area contributed by atoms with E-state index in [0.29, 0.717) is 16.6 Å². The standard InChI is InChI=1S/C15H22N5O12P3S/c16-3-1-2-9-5-20(15-13(9)14(17)18-7-19-15)12-4-10(28-8-36)11(30-12)6-29-34(24,25)32-35(26,27)31-33(21,22)23/h5,7,10-12,36H,3-4,6,8,16H2,(H,24,25)(H,26,27)(H2,17,18,19)(H2,21,22,23)/t10?,11-,12-/m1/s1. The summed E-state index contributed by atoms with van der Waals surface area (Å²) >= 11 is 4.01. The molecule has 1 fully saturated rings. The van der Waals surface area contributed by atoms with E-state index >= 15 is 0 Å². The second-order valence-electron chi connectivity index (χ2n) is 7.00. The average Bonchev–Trinajstić information content (AvgIpc) is 3.30. The summed E-state index contributed by atoms with van der Waals surface area (Å²) in [5, 5.41) is 0.463. The molecule has 0 spiro atoms. The van der Waals surface area contributed by atoms with Crippen LogP contribution in [0.4, 0.5) is 5.82 Å². The number of nitrogens with two attached hydrogens (primary N) is 2. The Morgan fingerprint density at radius 2 is 1.92 bits per heavy atom. The first kappa shape index (κ1) is 29.2. The number of fused-ring (bicyclic) bond motifs is 1. The molecule has 0 aliphatic carbocycles. The predicted octanol–water partition coefficient (Wildman–Crippen LogP) is 0.227. The number of hydrogen-bond acceptors (Lipinski definition) is 13. The molecule has 0 radical (unpaired) electrons. The second-order valence-corrected chi connectivity index (χ2v) is 11.7. The molecule has 0 aromatic carbocycles. The molecule has 36 heavy (non-hydrogen) atoms. The lowest BCUT2D eigenvalue weighted by Gasteiger charge is -2.20. The number of phosphoric ester groups is 1. The van der Waals surface area contributed by atoms with Gasteiger partial charge in [-0.25, -0.2) is 23.7 Å². The van der Waals surface area contributed by atoms with Crippen molar-refractivity contribution in [2.24, 2.45) is 5.73 Å². The minimum absolute atomic E-state index is 0.0543. The van der Waals surface area contributed by atoms with E-state index in [1.165, 1.54) is 6.33 Å². The van der Waals surface area contributed by atoms with Crippen molar-refractivity contribution in [1.82, 2.24) is 14.5 Å². The Hall–Kier alpha value is -1.38. The molecule has 8 N–H and O–H groups in total. The molecule has 2 aromatic heterocycles. The fraction of sp³-hybridized carbons (Fsp3) is 0.467. The molecule has 1 aliphatic heterocycles. The number of thiol groups is 1. The monoisotopic (exact) mass is 589 g/mol. The highest BCUT2D eigenvalue weighted by Crippen LogP contribution is 2.66. The zero-order valence-electron chi connectivity index (χ0n) is 18.1. The summed E-state index contributed by atoms with van der Waals surface area (Å²) in [6.07, 6.45) is 0.526. The van der Waals surface area contributed by atoms with E-state index < -0.39 is 48.5 Å². The lowest BCUT2D eigenvalue weighted by molar-refractivity contribution is -0.0520. The summed E-state index contributed by atoms with van der Waals surface area (Å²) in [5.41, 5.74) is 12.3. The van der Waals surface area contributed by atoms with Gasteiger partial charge in [-0.2, -0.15) is 21.3 Å². The van der Waals surface area contributed by atoms with Gasteiger partial charge in [0.1, 0.15) is 30.1 Å². The summed E-state index contributed by atoms with van der Waals surface area (Å²) in [5.74, 6) is 5.71. The smallest absolute Gasteiger partial charge is 0.383 e. The molecule has 3 heterocycles. The summed E-state index contributed by atoms with van der Waals surface area (Å²) < 4.78 is 59.5. The number of hydrogen-bond donors (Lipinski definition) is 7. The lowest BCUT2D eigenvalue weighted by Crippen LogP contribution is -2.28. The molecule has 0 saturated carbocycles. The molecule has 200 valence electrons. The van der Waals surface area contributed by atoms with Crippen LogP contribution in [-0.2, 0) is 36.3 Å². The average molecular weight is 589 g/mol. The van der Waals surface area contributed by atoms with Gasteiger partial charge in [0.05, 0.1) is 36.1 Å². The molecule has 3 unspecified atom stereocenters. The van der Waals surface area contributed by atoms with Crippen LogP contribution >= 0.6 is 36.1 Å². The van der Waals surface area contributed by atoms with Gasteiger partial charge in [-0.3, -0.25) is 4.52 Å². The molecule has 21 heteroatoms. The van der Waals surface area contributed by atoms with Crippen molar-refractivity contribution < 1.29 is 55.9 Å². The third-order valence-electron chi connectivity index (χ3n) is 4.56. The maximum Gasteiger partial charge on any atom is 0.490 e. The van der Waals surface area contributed by atoms with Crippen LogP contribution in [0.5, 0.6) is 0 Å². The van der Waals surface area contributed by atoms with Crippen LogP contribution in [0.1, 0.15) is 18.2 Å². The van der Waals surface area contributed by atoms with E-state index in [1.807, 2.05) is 0 Å². The fourth-order valence-corrected chi connectivity index (χ4v) is 6.55. The van der Waals surface area contributed by atoms with Crippen molar-refractivity contribution in [2.45, 2.75) is 24.9 Å². The van der Waals surface area contributed by atoms with Crippen LogP contribution in [-0.4, -0.2) is 65.4 Å². The number of aromatic nitrogens is 3. The van der Waals surface area contributed by atoms with Gasteiger partial charge in [-0.05, 0) is 0 Å². The van der Waals surface area contributed by atoms with Crippen LogP contribution in [0.25, 0.3) is 11.0 Å². The Labute approximate surface area is 208 Å². The third-order valence-corrected chi connectivity index (χ3v) is 8.51. The molecule has 1 aliphatic rings. The Bertz CT molecular complexity index is 1310. The summed E-state index contributed by atoms with van der Waals surface area (Å²) in [4.78, 5) is 44.4. The number of anilines is 1. The highest BCUT2D eigenvalue weighted by molar-refractivity contribution is 7.80. The van der Waals surface area contributed by atoms with Crippen LogP contribution in [0.3, 0.4) is 0 Å². The number of nitrogens with zero attached hydrogens (tertiary/aromatic N) is 3. The molecular weight excluding hydrogens is 567 g/mol. The minimum atomic E-state index is -5.66. The van der Waals surface area contributed by atoms with E-state index in [2.05, 4.69) is 43.1 Å². The molecule has 1 saturated heterocycles. The first-order chi connectivity index (χ1) is 16.8. The normalized spacial score (nSPS) is 23.7. The number of phosphoric acid groups is 3. The van der Waals surface area contributed by atoms with Gasteiger partial charge < -0.3 is 45.1 Å². The third kappa shape index (κ3) is 7.57. The Kier molecular flexibility index (Phi) is 9.37. The highest BCUT2D eigenvalue weighted by Gasteiger charge is 2.43. The molecule has 0 bridgehead atoms. The van der Waals surface area contributed by atoms with Crippen molar-refractivity contribution in [3.05, 3.63) is 18.1 Å². The topological polar surface area (TPSA) is 261 Å². The molecule has 3 rings (SSSR count). The first-order valence-corrected chi connectivity index (χ1v) is 14.9. The van der Waals surface area contributed by atoms with Crippen molar-refractivity contribution in [2.75, 3.05) is 24.8 Å². The molecule has 2 aromatic rings. The zero-order valence-corrected chi connectivity index (χ0v) is 21.6. The van der Waals surface area contributed by atoms with Gasteiger partial charge in [-0.1, -0.05) is 11.8 Å². The van der Waals surface area contributed by atoms with Crippen LogP contribution in [0, 0.1) is 11.8 Å². The van der Waals surface area contributed by atoms with Crippen molar-refractivity contribution >= 4 is 52.9 Å². The maximum absolute atomic E-state index is 12.1. The quantitative estimate of drug-likeness (QED) is 0.0846. The molecule has 17 nitrogen and oxygen atoms in total. The Balaban J connectivity index is 1.80. The highest BCUT2D eigenvalue weighted by atomic mass is 32.1. The molecule has 0 amide bonds. The van der Waals surface area contributed by atoms with Gasteiger partial charge >= 0.3 is 23.5 Å². The van der Waals surface area contributed by atoms with Gasteiger partial charge in [0, 0.05) is 12.6 Å². The van der Waals surface area contributed by atoms with E-state index in [0.717, 1.165) is 0 Å². The molecule has 5 atom stereocenters.